The number of hydrogen-bond donors (Lipinski definition) is 0. The molecule has 0 saturated heterocycles. The second kappa shape index (κ2) is 4.73. The number of nitrogens with zero attached hydrogens (tertiary/aromatic N) is 1. The minimum Gasteiger partial charge on any atom is -0.294 e. The molecule has 0 spiro atoms. The molecule has 1 heterocycles. The Bertz CT molecular complexity index is 520. The van der Waals surface area contributed by atoms with E-state index in [4.69, 9.17) is 5.26 Å². The molecule has 0 amide bonds. The lowest BCUT2D eigenvalue weighted by molar-refractivity contribution is 0.0994. The normalized spacial score (nSPS) is 9.69. The summed E-state index contributed by atoms with van der Waals surface area (Å²) in [6.45, 7) is 0. The molecule has 1 aromatic carbocycles. The molecule has 0 N–H and O–H groups in total. The van der Waals surface area contributed by atoms with Gasteiger partial charge in [-0.05, 0) is 23.6 Å². The number of carbonyl (C=O) groups excluding carboxylic acids is 1. The minimum atomic E-state index is 0.0898. The largest absolute Gasteiger partial charge is 0.294 e. The van der Waals surface area contributed by atoms with Crippen molar-refractivity contribution in [3.8, 4) is 6.07 Å². The van der Waals surface area contributed by atoms with E-state index in [0.717, 1.165) is 4.88 Å². The van der Waals surface area contributed by atoms with Crippen LogP contribution in [0.1, 0.15) is 20.8 Å². The fourth-order valence-corrected chi connectivity index (χ4v) is 2.11. The number of thiophene rings is 1. The van der Waals surface area contributed by atoms with E-state index in [1.807, 2.05) is 23.6 Å². The van der Waals surface area contributed by atoms with Crippen LogP contribution < -0.4 is 0 Å². The van der Waals surface area contributed by atoms with Gasteiger partial charge in [0.15, 0.2) is 5.78 Å². The standard InChI is InChI=1S/C13H9NOS/c14-9-10-3-5-11(6-4-10)13(15)8-12-2-1-7-16-12/h1-7H,8H2. The van der Waals surface area contributed by atoms with Crippen molar-refractivity contribution in [3.63, 3.8) is 0 Å². The molecule has 16 heavy (non-hydrogen) atoms. The van der Waals surface area contributed by atoms with Crippen LogP contribution in [0.2, 0.25) is 0 Å². The topological polar surface area (TPSA) is 40.9 Å². The summed E-state index contributed by atoms with van der Waals surface area (Å²) < 4.78 is 0. The second-order valence-corrected chi connectivity index (χ2v) is 4.40. The first-order chi connectivity index (χ1) is 7.79. The van der Waals surface area contributed by atoms with E-state index < -0.39 is 0 Å². The summed E-state index contributed by atoms with van der Waals surface area (Å²) in [6, 6.07) is 12.7. The van der Waals surface area contributed by atoms with Gasteiger partial charge in [-0.2, -0.15) is 5.26 Å². The quantitative estimate of drug-likeness (QED) is 0.756. The van der Waals surface area contributed by atoms with Gasteiger partial charge < -0.3 is 0 Å². The minimum absolute atomic E-state index is 0.0898. The Balaban J connectivity index is 2.12. The highest BCUT2D eigenvalue weighted by Gasteiger charge is 2.07. The molecule has 3 heteroatoms. The number of rotatable bonds is 3. The summed E-state index contributed by atoms with van der Waals surface area (Å²) in [6.07, 6.45) is 0.434. The fraction of sp³-hybridized carbons (Fsp3) is 0.0769. The van der Waals surface area contributed by atoms with E-state index in [-0.39, 0.29) is 5.78 Å². The first-order valence-electron chi connectivity index (χ1n) is 4.85. The van der Waals surface area contributed by atoms with Gasteiger partial charge in [-0.3, -0.25) is 4.79 Å². The zero-order chi connectivity index (χ0) is 11.4. The third kappa shape index (κ3) is 2.36. The summed E-state index contributed by atoms with van der Waals surface area (Å²) in [5.74, 6) is 0.0898. The van der Waals surface area contributed by atoms with E-state index >= 15 is 0 Å². The van der Waals surface area contributed by atoms with Gasteiger partial charge in [-0.25, -0.2) is 0 Å². The van der Waals surface area contributed by atoms with Crippen LogP contribution in [0.5, 0.6) is 0 Å². The molecule has 0 aliphatic rings. The summed E-state index contributed by atoms with van der Waals surface area (Å²) in [4.78, 5) is 12.9. The van der Waals surface area contributed by atoms with E-state index in [2.05, 4.69) is 0 Å². The summed E-state index contributed by atoms with van der Waals surface area (Å²) in [5.41, 5.74) is 1.24. The maximum atomic E-state index is 11.8. The van der Waals surface area contributed by atoms with E-state index in [1.165, 1.54) is 0 Å². The van der Waals surface area contributed by atoms with E-state index in [1.54, 1.807) is 35.6 Å². The van der Waals surface area contributed by atoms with Gasteiger partial charge in [0.05, 0.1) is 11.6 Å². The SMILES string of the molecule is N#Cc1ccc(C(=O)Cc2cccs2)cc1. The number of carbonyl (C=O) groups is 1. The first-order valence-corrected chi connectivity index (χ1v) is 5.73. The predicted octanol–water partition coefficient (Wildman–Crippen LogP) is 3.05. The molecule has 0 saturated carbocycles. The van der Waals surface area contributed by atoms with Crippen molar-refractivity contribution < 1.29 is 4.79 Å². The summed E-state index contributed by atoms with van der Waals surface area (Å²) >= 11 is 1.58. The highest BCUT2D eigenvalue weighted by atomic mass is 32.1. The van der Waals surface area contributed by atoms with E-state index in [0.29, 0.717) is 17.5 Å². The number of hydrogen-bond acceptors (Lipinski definition) is 3. The Kier molecular flexibility index (Phi) is 3.13. The second-order valence-electron chi connectivity index (χ2n) is 3.37. The van der Waals surface area contributed by atoms with Gasteiger partial charge in [0.25, 0.3) is 0 Å². The Labute approximate surface area is 97.8 Å². The van der Waals surface area contributed by atoms with Crippen molar-refractivity contribution in [2.45, 2.75) is 6.42 Å². The lowest BCUT2D eigenvalue weighted by Gasteiger charge is -1.98. The van der Waals surface area contributed by atoms with Gasteiger partial charge in [0.2, 0.25) is 0 Å². The van der Waals surface area contributed by atoms with Crippen LogP contribution in [0.4, 0.5) is 0 Å². The third-order valence-electron chi connectivity index (χ3n) is 2.25. The molecule has 2 aromatic rings. The van der Waals surface area contributed by atoms with Crippen molar-refractivity contribution in [3.05, 3.63) is 57.8 Å². The molecule has 0 aliphatic carbocycles. The Morgan fingerprint density at radius 3 is 2.56 bits per heavy atom. The van der Waals surface area contributed by atoms with Crippen molar-refractivity contribution >= 4 is 17.1 Å². The molecule has 0 bridgehead atoms. The van der Waals surface area contributed by atoms with Crippen LogP contribution in [0, 0.1) is 11.3 Å². The number of Topliss-reactive ketones (excluding diaryl/α,β-unsaturated/α-hetero) is 1. The average molecular weight is 227 g/mol. The van der Waals surface area contributed by atoms with Crippen LogP contribution in [0.15, 0.2) is 41.8 Å². The number of benzene rings is 1. The highest BCUT2D eigenvalue weighted by molar-refractivity contribution is 7.10. The average Bonchev–Trinajstić information content (AvgIpc) is 2.82. The Hall–Kier alpha value is -1.92. The van der Waals surface area contributed by atoms with Crippen LogP contribution in [0.25, 0.3) is 0 Å². The van der Waals surface area contributed by atoms with Gasteiger partial charge in [-0.1, -0.05) is 18.2 Å². The van der Waals surface area contributed by atoms with Gasteiger partial charge >= 0.3 is 0 Å². The Morgan fingerprint density at radius 2 is 2.00 bits per heavy atom. The summed E-state index contributed by atoms with van der Waals surface area (Å²) in [5, 5.41) is 10.6. The molecule has 78 valence electrons. The first kappa shape index (κ1) is 10.6. The summed E-state index contributed by atoms with van der Waals surface area (Å²) in [7, 11) is 0. The van der Waals surface area contributed by atoms with Crippen molar-refractivity contribution in [2.24, 2.45) is 0 Å². The zero-order valence-corrected chi connectivity index (χ0v) is 9.33. The number of ketones is 1. The maximum absolute atomic E-state index is 11.8. The molecule has 2 rings (SSSR count). The van der Waals surface area contributed by atoms with Crippen molar-refractivity contribution in [1.82, 2.24) is 0 Å². The Morgan fingerprint density at radius 1 is 1.25 bits per heavy atom. The zero-order valence-electron chi connectivity index (χ0n) is 8.51. The highest BCUT2D eigenvalue weighted by Crippen LogP contribution is 2.13. The van der Waals surface area contributed by atoms with Crippen LogP contribution >= 0.6 is 11.3 Å². The molecular weight excluding hydrogens is 218 g/mol. The smallest absolute Gasteiger partial charge is 0.168 e. The molecule has 0 aliphatic heterocycles. The van der Waals surface area contributed by atoms with E-state index in [9.17, 15) is 4.79 Å². The maximum Gasteiger partial charge on any atom is 0.168 e. The molecular formula is C13H9NOS. The molecule has 0 unspecified atom stereocenters. The van der Waals surface area contributed by atoms with Gasteiger partial charge in [0.1, 0.15) is 0 Å². The molecule has 2 nitrogen and oxygen atoms in total. The number of nitriles is 1. The van der Waals surface area contributed by atoms with Crippen LogP contribution in [0.3, 0.4) is 0 Å². The van der Waals surface area contributed by atoms with Gasteiger partial charge in [0, 0.05) is 16.9 Å². The molecule has 0 radical (unpaired) electrons. The van der Waals surface area contributed by atoms with Crippen molar-refractivity contribution in [1.29, 1.82) is 5.26 Å². The lowest BCUT2D eigenvalue weighted by atomic mass is 10.1. The fourth-order valence-electron chi connectivity index (χ4n) is 1.40. The lowest BCUT2D eigenvalue weighted by Crippen LogP contribution is -2.01. The molecule has 0 atom stereocenters. The van der Waals surface area contributed by atoms with Crippen LogP contribution in [-0.2, 0) is 6.42 Å². The predicted molar refractivity (Wildman–Crippen MR) is 63.5 cm³/mol. The van der Waals surface area contributed by atoms with Gasteiger partial charge in [-0.15, -0.1) is 11.3 Å². The van der Waals surface area contributed by atoms with Crippen molar-refractivity contribution in [2.75, 3.05) is 0 Å². The molecule has 0 fully saturated rings. The van der Waals surface area contributed by atoms with Crippen LogP contribution in [-0.4, -0.2) is 5.78 Å². The third-order valence-corrected chi connectivity index (χ3v) is 3.13. The molecule has 1 aromatic heterocycles. The monoisotopic (exact) mass is 227 g/mol.